The van der Waals surface area contributed by atoms with Gasteiger partial charge in [-0.05, 0) is 31.0 Å². The zero-order valence-electron chi connectivity index (χ0n) is 12.7. The van der Waals surface area contributed by atoms with Crippen molar-refractivity contribution in [1.82, 2.24) is 5.32 Å². The van der Waals surface area contributed by atoms with Crippen LogP contribution in [-0.2, 0) is 0 Å². The summed E-state index contributed by atoms with van der Waals surface area (Å²) in [7, 11) is 0. The van der Waals surface area contributed by atoms with E-state index >= 15 is 0 Å². The molecule has 1 unspecified atom stereocenters. The van der Waals surface area contributed by atoms with Gasteiger partial charge in [0.1, 0.15) is 5.54 Å². The third kappa shape index (κ3) is 3.51. The van der Waals surface area contributed by atoms with E-state index in [0.717, 1.165) is 24.1 Å². The Hall–Kier alpha value is -2.11. The van der Waals surface area contributed by atoms with Crippen LogP contribution >= 0.6 is 0 Å². The molecule has 0 heterocycles. The first kappa shape index (κ1) is 15.3. The van der Waals surface area contributed by atoms with E-state index in [1.165, 1.54) is 0 Å². The predicted molar refractivity (Wildman–Crippen MR) is 87.0 cm³/mol. The summed E-state index contributed by atoms with van der Waals surface area (Å²) < 4.78 is 0. The van der Waals surface area contributed by atoms with Crippen LogP contribution in [0, 0.1) is 11.3 Å². The van der Waals surface area contributed by atoms with Crippen molar-refractivity contribution in [3.63, 3.8) is 0 Å². The molecule has 0 saturated heterocycles. The van der Waals surface area contributed by atoms with Crippen molar-refractivity contribution in [1.29, 1.82) is 5.26 Å². The van der Waals surface area contributed by atoms with Crippen LogP contribution in [0.15, 0.2) is 60.7 Å². The van der Waals surface area contributed by atoms with Crippen molar-refractivity contribution in [3.8, 4) is 6.07 Å². The minimum atomic E-state index is -0.626. The van der Waals surface area contributed by atoms with E-state index in [4.69, 9.17) is 0 Å². The molecule has 1 N–H and O–H groups in total. The van der Waals surface area contributed by atoms with E-state index in [9.17, 15) is 5.26 Å². The second-order valence-electron chi connectivity index (χ2n) is 5.50. The number of nitrogens with one attached hydrogen (secondary N) is 1. The molecule has 0 fully saturated rings. The molecule has 0 amide bonds. The summed E-state index contributed by atoms with van der Waals surface area (Å²) >= 11 is 0. The Labute approximate surface area is 127 Å². The number of hydrogen-bond acceptors (Lipinski definition) is 2. The zero-order valence-corrected chi connectivity index (χ0v) is 12.7. The highest BCUT2D eigenvalue weighted by Gasteiger charge is 2.36. The molecule has 108 valence electrons. The molecule has 2 nitrogen and oxygen atoms in total. The topological polar surface area (TPSA) is 35.8 Å². The lowest BCUT2D eigenvalue weighted by atomic mass is 9.76. The van der Waals surface area contributed by atoms with Crippen molar-refractivity contribution in [2.75, 3.05) is 6.54 Å². The SMILES string of the molecule is CCCNC(C)(C#N)C(c1ccccc1)c1ccccc1. The van der Waals surface area contributed by atoms with Gasteiger partial charge in [0, 0.05) is 5.92 Å². The van der Waals surface area contributed by atoms with Gasteiger partial charge in [-0.3, -0.25) is 5.32 Å². The monoisotopic (exact) mass is 278 g/mol. The second kappa shape index (κ2) is 7.06. The van der Waals surface area contributed by atoms with Crippen LogP contribution in [0.5, 0.6) is 0 Å². The van der Waals surface area contributed by atoms with E-state index in [2.05, 4.69) is 42.6 Å². The van der Waals surface area contributed by atoms with Gasteiger partial charge < -0.3 is 0 Å². The maximum absolute atomic E-state index is 9.79. The maximum atomic E-state index is 9.79. The van der Waals surface area contributed by atoms with Crippen molar-refractivity contribution in [2.24, 2.45) is 0 Å². The molecule has 2 heteroatoms. The fourth-order valence-electron chi connectivity index (χ4n) is 2.74. The minimum absolute atomic E-state index is 0.0106. The molecule has 0 spiro atoms. The molecular weight excluding hydrogens is 256 g/mol. The average Bonchev–Trinajstić information content (AvgIpc) is 2.55. The summed E-state index contributed by atoms with van der Waals surface area (Å²) in [5, 5.41) is 13.2. The quantitative estimate of drug-likeness (QED) is 0.863. The first-order valence-electron chi connectivity index (χ1n) is 7.47. The Kier molecular flexibility index (Phi) is 5.14. The summed E-state index contributed by atoms with van der Waals surface area (Å²) in [6.07, 6.45) is 1.01. The Morgan fingerprint density at radius 2 is 1.48 bits per heavy atom. The Bertz CT molecular complexity index is 546. The standard InChI is InChI=1S/C19H22N2/c1-3-14-21-19(2,15-20)18(16-10-6-4-7-11-16)17-12-8-5-9-13-17/h4-13,18,21H,3,14H2,1-2H3. The van der Waals surface area contributed by atoms with Crippen LogP contribution in [0.25, 0.3) is 0 Å². The van der Waals surface area contributed by atoms with Crippen LogP contribution in [0.3, 0.4) is 0 Å². The summed E-state index contributed by atoms with van der Waals surface area (Å²) in [4.78, 5) is 0. The highest BCUT2D eigenvalue weighted by atomic mass is 15.0. The first-order valence-corrected chi connectivity index (χ1v) is 7.47. The van der Waals surface area contributed by atoms with Gasteiger partial charge in [-0.25, -0.2) is 0 Å². The van der Waals surface area contributed by atoms with E-state index in [0.29, 0.717) is 0 Å². The normalized spacial score (nSPS) is 13.6. The third-order valence-electron chi connectivity index (χ3n) is 3.82. The summed E-state index contributed by atoms with van der Waals surface area (Å²) in [5.74, 6) is 0.0106. The highest BCUT2D eigenvalue weighted by molar-refractivity contribution is 5.39. The number of nitrogens with zero attached hydrogens (tertiary/aromatic N) is 1. The Morgan fingerprint density at radius 3 is 1.86 bits per heavy atom. The molecule has 0 bridgehead atoms. The molecule has 0 aliphatic rings. The smallest absolute Gasteiger partial charge is 0.114 e. The predicted octanol–water partition coefficient (Wildman–Crippen LogP) is 4.10. The summed E-state index contributed by atoms with van der Waals surface area (Å²) in [5.41, 5.74) is 1.70. The molecule has 21 heavy (non-hydrogen) atoms. The molecule has 0 aliphatic carbocycles. The van der Waals surface area contributed by atoms with Crippen LogP contribution in [0.1, 0.15) is 37.3 Å². The first-order chi connectivity index (χ1) is 10.2. The van der Waals surface area contributed by atoms with Crippen molar-refractivity contribution in [3.05, 3.63) is 71.8 Å². The lowest BCUT2D eigenvalue weighted by Gasteiger charge is -2.33. The fourth-order valence-corrected chi connectivity index (χ4v) is 2.74. The van der Waals surface area contributed by atoms with Gasteiger partial charge in [0.2, 0.25) is 0 Å². The average molecular weight is 278 g/mol. The molecule has 0 radical (unpaired) electrons. The molecule has 1 atom stereocenters. The molecule has 2 rings (SSSR count). The van der Waals surface area contributed by atoms with Gasteiger partial charge in [0.05, 0.1) is 6.07 Å². The van der Waals surface area contributed by atoms with E-state index in [-0.39, 0.29) is 5.92 Å². The van der Waals surface area contributed by atoms with Gasteiger partial charge >= 0.3 is 0 Å². The summed E-state index contributed by atoms with van der Waals surface area (Å²) in [6.45, 7) is 4.94. The maximum Gasteiger partial charge on any atom is 0.114 e. The Balaban J connectivity index is 2.48. The fraction of sp³-hybridized carbons (Fsp3) is 0.316. The van der Waals surface area contributed by atoms with Gasteiger partial charge in [-0.15, -0.1) is 0 Å². The van der Waals surface area contributed by atoms with E-state index < -0.39 is 5.54 Å². The molecule has 0 aliphatic heterocycles. The number of benzene rings is 2. The van der Waals surface area contributed by atoms with Crippen molar-refractivity contribution >= 4 is 0 Å². The summed E-state index contributed by atoms with van der Waals surface area (Å²) in [6, 6.07) is 23.0. The number of nitriles is 1. The second-order valence-corrected chi connectivity index (χ2v) is 5.50. The van der Waals surface area contributed by atoms with Crippen molar-refractivity contribution in [2.45, 2.75) is 31.7 Å². The van der Waals surface area contributed by atoms with Crippen LogP contribution in [-0.4, -0.2) is 12.1 Å². The molecular formula is C19H22N2. The van der Waals surface area contributed by atoms with Gasteiger partial charge in [0.25, 0.3) is 0 Å². The molecule has 2 aromatic carbocycles. The van der Waals surface area contributed by atoms with E-state index in [1.54, 1.807) is 0 Å². The largest absolute Gasteiger partial charge is 0.299 e. The van der Waals surface area contributed by atoms with Gasteiger partial charge in [0.15, 0.2) is 0 Å². The number of hydrogen-bond donors (Lipinski definition) is 1. The minimum Gasteiger partial charge on any atom is -0.299 e. The van der Waals surface area contributed by atoms with Crippen LogP contribution < -0.4 is 5.32 Å². The zero-order chi connectivity index (χ0) is 15.1. The molecule has 2 aromatic rings. The van der Waals surface area contributed by atoms with Gasteiger partial charge in [-0.2, -0.15) is 5.26 Å². The van der Waals surface area contributed by atoms with E-state index in [1.807, 2.05) is 43.3 Å². The van der Waals surface area contributed by atoms with Crippen LogP contribution in [0.2, 0.25) is 0 Å². The molecule has 0 aromatic heterocycles. The van der Waals surface area contributed by atoms with Crippen LogP contribution in [0.4, 0.5) is 0 Å². The third-order valence-corrected chi connectivity index (χ3v) is 3.82. The highest BCUT2D eigenvalue weighted by Crippen LogP contribution is 2.34. The molecule has 0 saturated carbocycles. The lowest BCUT2D eigenvalue weighted by molar-refractivity contribution is 0.403. The number of rotatable bonds is 6. The Morgan fingerprint density at radius 1 is 1.00 bits per heavy atom. The van der Waals surface area contributed by atoms with Crippen molar-refractivity contribution < 1.29 is 0 Å². The van der Waals surface area contributed by atoms with Gasteiger partial charge in [-0.1, -0.05) is 67.6 Å². The lowest BCUT2D eigenvalue weighted by Crippen LogP contribution is -2.47.